The van der Waals surface area contributed by atoms with Gasteiger partial charge in [0, 0.05) is 31.9 Å². The molecule has 2 aromatic carbocycles. The molecule has 0 unspecified atom stereocenters. The van der Waals surface area contributed by atoms with E-state index in [1.807, 2.05) is 18.2 Å². The van der Waals surface area contributed by atoms with E-state index in [4.69, 9.17) is 0 Å². The molecule has 1 aliphatic heterocycles. The van der Waals surface area contributed by atoms with Crippen LogP contribution in [0.2, 0.25) is 0 Å². The van der Waals surface area contributed by atoms with E-state index in [2.05, 4.69) is 22.3 Å². The number of nitrogens with zero attached hydrogens (tertiary/aromatic N) is 1. The number of hydrogen-bond acceptors (Lipinski definition) is 5. The van der Waals surface area contributed by atoms with Gasteiger partial charge in [-0.2, -0.15) is 0 Å². The van der Waals surface area contributed by atoms with Gasteiger partial charge in [-0.25, -0.2) is 8.42 Å². The van der Waals surface area contributed by atoms with Crippen molar-refractivity contribution in [1.82, 2.24) is 10.2 Å². The second-order valence-electron chi connectivity index (χ2n) is 6.96. The van der Waals surface area contributed by atoms with Crippen molar-refractivity contribution in [3.63, 3.8) is 0 Å². The summed E-state index contributed by atoms with van der Waals surface area (Å²) in [7, 11) is -3.44. The Morgan fingerprint density at radius 3 is 2.39 bits per heavy atom. The minimum Gasteiger partial charge on any atom is -0.507 e. The van der Waals surface area contributed by atoms with Crippen LogP contribution in [0.3, 0.4) is 0 Å². The predicted molar refractivity (Wildman–Crippen MR) is 111 cm³/mol. The summed E-state index contributed by atoms with van der Waals surface area (Å²) in [6.45, 7) is 2.63. The zero-order valence-electron chi connectivity index (χ0n) is 15.7. The monoisotopic (exact) mass is 424 g/mol. The third-order valence-electron chi connectivity index (χ3n) is 4.81. The number of piperidine rings is 1. The van der Waals surface area contributed by atoms with Crippen molar-refractivity contribution in [2.45, 2.75) is 30.3 Å². The molecule has 1 fully saturated rings. The Labute approximate surface area is 171 Å². The molecule has 0 radical (unpaired) electrons. The molecule has 2 N–H and O–H groups in total. The summed E-state index contributed by atoms with van der Waals surface area (Å²) in [5.41, 5.74) is 1.26. The molecule has 6 nitrogen and oxygen atoms in total. The van der Waals surface area contributed by atoms with Crippen molar-refractivity contribution >= 4 is 28.2 Å². The number of halogens is 1. The number of carbonyl (C=O) groups excluding carboxylic acids is 1. The number of aromatic hydroxyl groups is 1. The number of phenolic OH excluding ortho intramolecular Hbond substituents is 1. The largest absolute Gasteiger partial charge is 0.507 e. The summed E-state index contributed by atoms with van der Waals surface area (Å²) in [6.07, 6.45) is 2.69. The first kappa shape index (κ1) is 22.2. The topological polar surface area (TPSA) is 86.7 Å². The minimum absolute atomic E-state index is 0. The van der Waals surface area contributed by atoms with E-state index in [-0.39, 0.29) is 34.7 Å². The SMILES string of the molecule is CS(=O)(=O)c1ccc(O)c(C(=O)NC2CCN(Cc3ccccc3)CC2)c1.Cl. The molecule has 2 aromatic rings. The van der Waals surface area contributed by atoms with E-state index in [1.54, 1.807) is 0 Å². The fourth-order valence-corrected chi connectivity index (χ4v) is 3.92. The van der Waals surface area contributed by atoms with Crippen LogP contribution in [-0.4, -0.2) is 49.7 Å². The van der Waals surface area contributed by atoms with Crippen LogP contribution in [0.5, 0.6) is 5.75 Å². The summed E-state index contributed by atoms with van der Waals surface area (Å²) >= 11 is 0. The lowest BCUT2D eigenvalue weighted by atomic mass is 10.0. The number of carbonyl (C=O) groups is 1. The average molecular weight is 425 g/mol. The average Bonchev–Trinajstić information content (AvgIpc) is 2.63. The van der Waals surface area contributed by atoms with Gasteiger partial charge in [0.05, 0.1) is 10.5 Å². The third-order valence-corrected chi connectivity index (χ3v) is 5.92. The van der Waals surface area contributed by atoms with Crippen molar-refractivity contribution in [2.75, 3.05) is 19.3 Å². The summed E-state index contributed by atoms with van der Waals surface area (Å²) in [6, 6.07) is 14.0. The second kappa shape index (κ2) is 9.41. The quantitative estimate of drug-likeness (QED) is 0.770. The molecular weight excluding hydrogens is 400 g/mol. The van der Waals surface area contributed by atoms with Gasteiger partial charge in [0.25, 0.3) is 5.91 Å². The molecule has 0 aliphatic carbocycles. The summed E-state index contributed by atoms with van der Waals surface area (Å²) in [4.78, 5) is 14.9. The molecule has 3 rings (SSSR count). The molecular formula is C20H25ClN2O4S. The van der Waals surface area contributed by atoms with Crippen molar-refractivity contribution in [1.29, 1.82) is 0 Å². The lowest BCUT2D eigenvalue weighted by Gasteiger charge is -2.32. The fraction of sp³-hybridized carbons (Fsp3) is 0.350. The number of amides is 1. The highest BCUT2D eigenvalue weighted by Crippen LogP contribution is 2.22. The van der Waals surface area contributed by atoms with Crippen molar-refractivity contribution in [3.8, 4) is 5.75 Å². The maximum absolute atomic E-state index is 12.5. The highest BCUT2D eigenvalue weighted by Gasteiger charge is 2.23. The van der Waals surface area contributed by atoms with Crippen LogP contribution >= 0.6 is 12.4 Å². The first-order valence-electron chi connectivity index (χ1n) is 8.93. The lowest BCUT2D eigenvalue weighted by Crippen LogP contribution is -2.44. The summed E-state index contributed by atoms with van der Waals surface area (Å²) in [5.74, 6) is -0.666. The summed E-state index contributed by atoms with van der Waals surface area (Å²) in [5, 5.41) is 12.9. The van der Waals surface area contributed by atoms with E-state index in [0.29, 0.717) is 0 Å². The second-order valence-corrected chi connectivity index (χ2v) is 8.98. The van der Waals surface area contributed by atoms with Crippen molar-refractivity contribution in [3.05, 3.63) is 59.7 Å². The van der Waals surface area contributed by atoms with Crippen LogP contribution in [0.1, 0.15) is 28.8 Å². The predicted octanol–water partition coefficient (Wildman–Crippen LogP) is 2.61. The highest BCUT2D eigenvalue weighted by atomic mass is 35.5. The van der Waals surface area contributed by atoms with Gasteiger partial charge in [0.1, 0.15) is 5.75 Å². The van der Waals surface area contributed by atoms with Crippen LogP contribution in [0, 0.1) is 0 Å². The van der Waals surface area contributed by atoms with Gasteiger partial charge in [-0.1, -0.05) is 30.3 Å². The molecule has 0 atom stereocenters. The minimum atomic E-state index is -3.44. The van der Waals surface area contributed by atoms with Crippen LogP contribution in [0.15, 0.2) is 53.4 Å². The smallest absolute Gasteiger partial charge is 0.255 e. The maximum atomic E-state index is 12.5. The molecule has 8 heteroatoms. The lowest BCUT2D eigenvalue weighted by molar-refractivity contribution is 0.0906. The van der Waals surface area contributed by atoms with Gasteiger partial charge >= 0.3 is 0 Å². The van der Waals surface area contributed by atoms with Gasteiger partial charge in [-0.3, -0.25) is 9.69 Å². The third kappa shape index (κ3) is 5.70. The Morgan fingerprint density at radius 1 is 1.14 bits per heavy atom. The van der Waals surface area contributed by atoms with Gasteiger partial charge in [-0.05, 0) is 36.6 Å². The first-order valence-corrected chi connectivity index (χ1v) is 10.8. The van der Waals surface area contributed by atoms with E-state index in [9.17, 15) is 18.3 Å². The maximum Gasteiger partial charge on any atom is 0.255 e. The van der Waals surface area contributed by atoms with Gasteiger partial charge in [0.2, 0.25) is 0 Å². The number of benzene rings is 2. The number of nitrogens with one attached hydrogen (secondary N) is 1. The Morgan fingerprint density at radius 2 is 1.79 bits per heavy atom. The normalized spacial score (nSPS) is 15.6. The molecule has 0 saturated carbocycles. The summed E-state index contributed by atoms with van der Waals surface area (Å²) < 4.78 is 23.4. The number of rotatable bonds is 5. The Balaban J connectivity index is 0.00000280. The Hall–Kier alpha value is -2.09. The molecule has 1 aliphatic rings. The van der Waals surface area contributed by atoms with Crippen LogP contribution in [-0.2, 0) is 16.4 Å². The first-order chi connectivity index (χ1) is 12.8. The fourth-order valence-electron chi connectivity index (χ4n) is 3.27. The van der Waals surface area contributed by atoms with Crippen molar-refractivity contribution < 1.29 is 18.3 Å². The molecule has 1 saturated heterocycles. The molecule has 0 bridgehead atoms. The molecule has 0 aromatic heterocycles. The number of phenols is 1. The van der Waals surface area contributed by atoms with Crippen molar-refractivity contribution in [2.24, 2.45) is 0 Å². The van der Waals surface area contributed by atoms with E-state index >= 15 is 0 Å². The van der Waals surface area contributed by atoms with Gasteiger partial charge in [-0.15, -0.1) is 12.4 Å². The standard InChI is InChI=1S/C20H24N2O4S.ClH/c1-27(25,26)17-7-8-19(23)18(13-17)20(24)21-16-9-11-22(12-10-16)14-15-5-3-2-4-6-15;/h2-8,13,16,23H,9-12,14H2,1H3,(H,21,24);1H. The number of hydrogen-bond donors (Lipinski definition) is 2. The van der Waals surface area contributed by atoms with Gasteiger partial charge in [0.15, 0.2) is 9.84 Å². The molecule has 28 heavy (non-hydrogen) atoms. The molecule has 152 valence electrons. The van der Waals surface area contributed by atoms with E-state index in [0.717, 1.165) is 38.7 Å². The molecule has 1 amide bonds. The number of likely N-dealkylation sites (tertiary alicyclic amines) is 1. The zero-order valence-corrected chi connectivity index (χ0v) is 17.3. The number of sulfone groups is 1. The Bertz CT molecular complexity index is 911. The van der Waals surface area contributed by atoms with Crippen LogP contribution in [0.4, 0.5) is 0 Å². The van der Waals surface area contributed by atoms with Gasteiger partial charge < -0.3 is 10.4 Å². The van der Waals surface area contributed by atoms with Crippen LogP contribution < -0.4 is 5.32 Å². The molecule has 0 spiro atoms. The van der Waals surface area contributed by atoms with E-state index < -0.39 is 15.7 Å². The Kier molecular flexibility index (Phi) is 7.46. The molecule has 1 heterocycles. The highest BCUT2D eigenvalue weighted by molar-refractivity contribution is 7.90. The van der Waals surface area contributed by atoms with Crippen LogP contribution in [0.25, 0.3) is 0 Å². The van der Waals surface area contributed by atoms with E-state index in [1.165, 1.54) is 23.8 Å². The zero-order chi connectivity index (χ0) is 19.4.